The lowest BCUT2D eigenvalue weighted by atomic mass is 9.97. The van der Waals surface area contributed by atoms with Crippen LogP contribution in [0, 0.1) is 19.3 Å². The molecule has 0 radical (unpaired) electrons. The number of primary amides is 1. The minimum Gasteiger partial charge on any atom is -0.444 e. The van der Waals surface area contributed by atoms with E-state index in [4.69, 9.17) is 16.9 Å². The summed E-state index contributed by atoms with van der Waals surface area (Å²) in [6.07, 6.45) is 4.61. The topological polar surface area (TPSA) is 131 Å². The smallest absolute Gasteiger partial charge is 0.408 e. The molecule has 0 bridgehead atoms. The number of terminal acetylenes is 1. The lowest BCUT2D eigenvalue weighted by Crippen LogP contribution is -2.51. The fourth-order valence-electron chi connectivity index (χ4n) is 3.67. The Bertz CT molecular complexity index is 1200. The van der Waals surface area contributed by atoms with E-state index in [1.54, 1.807) is 57.2 Å². The predicted octanol–water partition coefficient (Wildman–Crippen LogP) is 3.27. The van der Waals surface area contributed by atoms with Crippen LogP contribution in [0.4, 0.5) is 10.5 Å². The van der Waals surface area contributed by atoms with Gasteiger partial charge in [0, 0.05) is 24.7 Å². The van der Waals surface area contributed by atoms with Gasteiger partial charge >= 0.3 is 6.09 Å². The number of carbonyl (C=O) groups is 4. The minimum absolute atomic E-state index is 0.0827. The van der Waals surface area contributed by atoms with Crippen LogP contribution in [0.5, 0.6) is 0 Å². The van der Waals surface area contributed by atoms with Gasteiger partial charge in [-0.25, -0.2) is 4.79 Å². The van der Waals surface area contributed by atoms with Gasteiger partial charge in [-0.3, -0.25) is 14.4 Å². The average Bonchev–Trinajstić information content (AvgIpc) is 2.82. The van der Waals surface area contributed by atoms with E-state index < -0.39 is 41.5 Å². The largest absolute Gasteiger partial charge is 0.444 e. The zero-order valence-electron chi connectivity index (χ0n) is 21.8. The summed E-state index contributed by atoms with van der Waals surface area (Å²) in [6.45, 7) is 6.89. The van der Waals surface area contributed by atoms with Crippen molar-refractivity contribution in [1.82, 2.24) is 10.2 Å². The molecule has 0 aromatic heterocycles. The van der Waals surface area contributed by atoms with Crippen LogP contribution in [0.25, 0.3) is 0 Å². The standard InChI is InChI=1S/C28H34N4O5/c1-7-19-13-9-10-14-20(19)24(25(34)30-21-15-11-8-12-18(21)2)32(6)26(35)22(16-17-23(29)33)31-27(36)37-28(3,4)5/h1,8-15,22,24H,16-17H2,2-6H3,(H2,29,33)(H,30,34)(H,31,36). The molecule has 9 heteroatoms. The molecule has 0 heterocycles. The fraction of sp³-hybridized carbons (Fsp3) is 0.357. The molecule has 0 saturated carbocycles. The Morgan fingerprint density at radius 2 is 1.70 bits per heavy atom. The van der Waals surface area contributed by atoms with Crippen molar-refractivity contribution in [3.63, 3.8) is 0 Å². The first-order valence-corrected chi connectivity index (χ1v) is 11.8. The summed E-state index contributed by atoms with van der Waals surface area (Å²) in [4.78, 5) is 52.4. The van der Waals surface area contributed by atoms with Crippen LogP contribution in [-0.2, 0) is 19.1 Å². The predicted molar refractivity (Wildman–Crippen MR) is 141 cm³/mol. The molecule has 2 atom stereocenters. The number of nitrogens with zero attached hydrogens (tertiary/aromatic N) is 1. The maximum atomic E-state index is 13.7. The third-order valence-electron chi connectivity index (χ3n) is 5.47. The minimum atomic E-state index is -1.18. The molecule has 0 aliphatic rings. The Morgan fingerprint density at radius 3 is 2.30 bits per heavy atom. The quantitative estimate of drug-likeness (QED) is 0.449. The highest BCUT2D eigenvalue weighted by molar-refractivity contribution is 5.99. The molecule has 37 heavy (non-hydrogen) atoms. The van der Waals surface area contributed by atoms with E-state index in [1.807, 2.05) is 19.1 Å². The Hall–Kier alpha value is -4.32. The van der Waals surface area contributed by atoms with Crippen LogP contribution < -0.4 is 16.4 Å². The van der Waals surface area contributed by atoms with Crippen molar-refractivity contribution in [1.29, 1.82) is 0 Å². The number of para-hydroxylation sites is 1. The first-order valence-electron chi connectivity index (χ1n) is 11.8. The normalized spacial score (nSPS) is 12.4. The highest BCUT2D eigenvalue weighted by Gasteiger charge is 2.35. The molecule has 0 spiro atoms. The second-order valence-corrected chi connectivity index (χ2v) is 9.59. The van der Waals surface area contributed by atoms with E-state index in [9.17, 15) is 19.2 Å². The molecule has 0 saturated heterocycles. The number of nitrogens with two attached hydrogens (primary N) is 1. The van der Waals surface area contributed by atoms with Crippen molar-refractivity contribution >= 4 is 29.5 Å². The van der Waals surface area contributed by atoms with Gasteiger partial charge in [-0.15, -0.1) is 6.42 Å². The van der Waals surface area contributed by atoms with Crippen LogP contribution in [0.15, 0.2) is 48.5 Å². The molecule has 0 fully saturated rings. The van der Waals surface area contributed by atoms with E-state index in [1.165, 1.54) is 11.9 Å². The summed E-state index contributed by atoms with van der Waals surface area (Å²) >= 11 is 0. The lowest BCUT2D eigenvalue weighted by molar-refractivity contribution is -0.139. The van der Waals surface area contributed by atoms with Crippen molar-refractivity contribution in [3.05, 3.63) is 65.2 Å². The van der Waals surface area contributed by atoms with Crippen LogP contribution in [0.2, 0.25) is 0 Å². The van der Waals surface area contributed by atoms with Gasteiger partial charge in [-0.1, -0.05) is 42.3 Å². The number of nitrogens with one attached hydrogen (secondary N) is 2. The summed E-state index contributed by atoms with van der Waals surface area (Å²) in [7, 11) is 1.44. The lowest BCUT2D eigenvalue weighted by Gasteiger charge is -2.32. The Morgan fingerprint density at radius 1 is 1.08 bits per heavy atom. The van der Waals surface area contributed by atoms with E-state index >= 15 is 0 Å². The number of hydrogen-bond acceptors (Lipinski definition) is 5. The number of hydrogen-bond donors (Lipinski definition) is 3. The van der Waals surface area contributed by atoms with Crippen molar-refractivity contribution in [3.8, 4) is 12.3 Å². The van der Waals surface area contributed by atoms with Crippen LogP contribution in [0.3, 0.4) is 0 Å². The molecule has 9 nitrogen and oxygen atoms in total. The molecule has 196 valence electrons. The summed E-state index contributed by atoms with van der Waals surface area (Å²) in [5, 5.41) is 5.38. The molecule has 4 N–H and O–H groups in total. The van der Waals surface area contributed by atoms with Gasteiger partial charge < -0.3 is 26.0 Å². The van der Waals surface area contributed by atoms with Crippen LogP contribution >= 0.6 is 0 Å². The number of aryl methyl sites for hydroxylation is 1. The van der Waals surface area contributed by atoms with Crippen molar-refractivity contribution in [2.24, 2.45) is 5.73 Å². The molecule has 0 aliphatic carbocycles. The molecular formula is C28H34N4O5. The number of ether oxygens (including phenoxy) is 1. The van der Waals surface area contributed by atoms with Gasteiger partial charge in [0.15, 0.2) is 0 Å². The fourth-order valence-corrected chi connectivity index (χ4v) is 3.67. The van der Waals surface area contributed by atoms with Gasteiger partial charge in [0.25, 0.3) is 5.91 Å². The molecule has 4 amide bonds. The van der Waals surface area contributed by atoms with E-state index in [2.05, 4.69) is 16.6 Å². The Balaban J connectivity index is 2.46. The Kier molecular flexibility index (Phi) is 9.83. The van der Waals surface area contributed by atoms with Crippen LogP contribution in [-0.4, -0.2) is 47.4 Å². The molecule has 0 aliphatic heterocycles. The summed E-state index contributed by atoms with van der Waals surface area (Å²) in [5.41, 5.74) is 6.75. The van der Waals surface area contributed by atoms with Gasteiger partial charge in [-0.2, -0.15) is 0 Å². The monoisotopic (exact) mass is 506 g/mol. The van der Waals surface area contributed by atoms with E-state index in [0.717, 1.165) is 5.56 Å². The number of carbonyl (C=O) groups excluding carboxylic acids is 4. The molecule has 2 rings (SSSR count). The highest BCUT2D eigenvalue weighted by Crippen LogP contribution is 2.27. The zero-order chi connectivity index (χ0) is 27.8. The van der Waals surface area contributed by atoms with Crippen molar-refractivity contribution in [2.45, 2.75) is 58.2 Å². The first-order chi connectivity index (χ1) is 17.3. The summed E-state index contributed by atoms with van der Waals surface area (Å²) in [6, 6.07) is 11.7. The highest BCUT2D eigenvalue weighted by atomic mass is 16.6. The molecule has 2 unspecified atom stereocenters. The number of benzene rings is 2. The second kappa shape index (κ2) is 12.6. The molecule has 2 aromatic rings. The van der Waals surface area contributed by atoms with Gasteiger partial charge in [-0.05, 0) is 57.4 Å². The number of likely N-dealkylation sites (N-methyl/N-ethyl adjacent to an activating group) is 1. The van der Waals surface area contributed by atoms with Gasteiger partial charge in [0.05, 0.1) is 0 Å². The Labute approximate surface area is 217 Å². The zero-order valence-corrected chi connectivity index (χ0v) is 21.8. The van der Waals surface area contributed by atoms with Crippen molar-refractivity contribution < 1.29 is 23.9 Å². The SMILES string of the molecule is C#Cc1ccccc1C(C(=O)Nc1ccccc1C)N(C)C(=O)C(CCC(N)=O)NC(=O)OC(C)(C)C. The van der Waals surface area contributed by atoms with E-state index in [0.29, 0.717) is 16.8 Å². The third kappa shape index (κ3) is 8.39. The maximum absolute atomic E-state index is 13.7. The first kappa shape index (κ1) is 28.9. The molecular weight excluding hydrogens is 472 g/mol. The number of anilines is 1. The summed E-state index contributed by atoms with van der Waals surface area (Å²) in [5.74, 6) is 0.795. The van der Waals surface area contributed by atoms with Crippen molar-refractivity contribution in [2.75, 3.05) is 12.4 Å². The van der Waals surface area contributed by atoms with Gasteiger partial charge in [0.1, 0.15) is 17.7 Å². The average molecular weight is 507 g/mol. The van der Waals surface area contributed by atoms with E-state index in [-0.39, 0.29) is 12.8 Å². The van der Waals surface area contributed by atoms with Gasteiger partial charge in [0.2, 0.25) is 11.8 Å². The number of alkyl carbamates (subject to hydrolysis) is 1. The number of amides is 4. The second-order valence-electron chi connectivity index (χ2n) is 9.59. The number of rotatable bonds is 9. The summed E-state index contributed by atoms with van der Waals surface area (Å²) < 4.78 is 5.28. The third-order valence-corrected chi connectivity index (χ3v) is 5.47. The molecule has 2 aromatic carbocycles. The van der Waals surface area contributed by atoms with Crippen LogP contribution in [0.1, 0.15) is 56.3 Å². The maximum Gasteiger partial charge on any atom is 0.408 e.